The van der Waals surface area contributed by atoms with Crippen LogP contribution in [0.5, 0.6) is 0 Å². The summed E-state index contributed by atoms with van der Waals surface area (Å²) in [6.07, 6.45) is 0.269. The first-order valence-corrected chi connectivity index (χ1v) is 8.81. The third-order valence-corrected chi connectivity index (χ3v) is 4.63. The number of hydrogen-bond acceptors (Lipinski definition) is 2. The van der Waals surface area contributed by atoms with Crippen LogP contribution in [-0.4, -0.2) is 17.7 Å². The molecule has 0 fully saturated rings. The Kier molecular flexibility index (Phi) is 5.01. The van der Waals surface area contributed by atoms with Gasteiger partial charge in [0.1, 0.15) is 17.2 Å². The highest BCUT2D eigenvalue weighted by atomic mass is 79.9. The zero-order valence-electron chi connectivity index (χ0n) is 15.0. The predicted molar refractivity (Wildman–Crippen MR) is 94.3 cm³/mol. The molecule has 1 aromatic carbocycles. The number of halogens is 3. The van der Waals surface area contributed by atoms with Crippen LogP contribution >= 0.6 is 15.9 Å². The summed E-state index contributed by atoms with van der Waals surface area (Å²) >= 11 is 3.04. The average Bonchev–Trinajstić information content (AvgIpc) is 2.40. The van der Waals surface area contributed by atoms with Gasteiger partial charge in [-0.15, -0.1) is 0 Å². The molecule has 2 rings (SSSR count). The summed E-state index contributed by atoms with van der Waals surface area (Å²) in [5.74, 6) is -1.15. The molecule has 1 atom stereocenters. The second-order valence-electron chi connectivity index (χ2n) is 8.25. The second-order valence-corrected chi connectivity index (χ2v) is 9.11. The number of benzene rings is 1. The summed E-state index contributed by atoms with van der Waals surface area (Å²) in [7, 11) is 0. The minimum Gasteiger partial charge on any atom is -0.443 e. The van der Waals surface area contributed by atoms with Gasteiger partial charge >= 0.3 is 6.09 Å². The van der Waals surface area contributed by atoms with E-state index in [1.807, 2.05) is 20.8 Å². The summed E-state index contributed by atoms with van der Waals surface area (Å²) in [4.78, 5) is 14.1. The van der Waals surface area contributed by atoms with Crippen LogP contribution in [0.15, 0.2) is 10.5 Å². The monoisotopic (exact) mass is 403 g/mol. The Morgan fingerprint density at radius 1 is 1.25 bits per heavy atom. The molecule has 1 aliphatic rings. The molecule has 0 bridgehead atoms. The molecular weight excluding hydrogens is 380 g/mol. The Morgan fingerprint density at radius 3 is 2.33 bits per heavy atom. The van der Waals surface area contributed by atoms with E-state index in [9.17, 15) is 13.6 Å². The van der Waals surface area contributed by atoms with Crippen LogP contribution in [-0.2, 0) is 11.2 Å². The Hall–Kier alpha value is -1.17. The maximum atomic E-state index is 14.7. The lowest BCUT2D eigenvalue weighted by Crippen LogP contribution is -2.52. The molecule has 0 aliphatic carbocycles. The summed E-state index contributed by atoms with van der Waals surface area (Å²) in [5.41, 5.74) is -0.809. The highest BCUT2D eigenvalue weighted by molar-refractivity contribution is 9.10. The smallest absolute Gasteiger partial charge is 0.415 e. The van der Waals surface area contributed by atoms with Gasteiger partial charge in [0.2, 0.25) is 0 Å². The molecule has 24 heavy (non-hydrogen) atoms. The van der Waals surface area contributed by atoms with Crippen molar-refractivity contribution in [1.29, 1.82) is 0 Å². The van der Waals surface area contributed by atoms with Gasteiger partial charge in [-0.05, 0) is 61.0 Å². The van der Waals surface area contributed by atoms with Gasteiger partial charge in [-0.3, -0.25) is 4.90 Å². The van der Waals surface area contributed by atoms with Crippen LogP contribution in [0.4, 0.5) is 19.3 Å². The normalized spacial score (nSPS) is 18.4. The van der Waals surface area contributed by atoms with Crippen LogP contribution in [0.25, 0.3) is 0 Å². The number of carbonyl (C=O) groups is 1. The number of fused-ring (bicyclic) bond motifs is 1. The quantitative estimate of drug-likeness (QED) is 0.510. The highest BCUT2D eigenvalue weighted by Crippen LogP contribution is 2.43. The van der Waals surface area contributed by atoms with Crippen LogP contribution < -0.4 is 4.90 Å². The predicted octanol–water partition coefficient (Wildman–Crippen LogP) is 5.83. The van der Waals surface area contributed by atoms with Crippen LogP contribution in [0.1, 0.15) is 53.5 Å². The van der Waals surface area contributed by atoms with Crippen LogP contribution in [0.3, 0.4) is 0 Å². The Balaban J connectivity index is 2.62. The van der Waals surface area contributed by atoms with E-state index < -0.39 is 23.3 Å². The van der Waals surface area contributed by atoms with Crippen molar-refractivity contribution in [3.63, 3.8) is 0 Å². The fraction of sp³-hybridized carbons (Fsp3) is 0.611. The van der Waals surface area contributed by atoms with E-state index in [-0.39, 0.29) is 27.2 Å². The van der Waals surface area contributed by atoms with E-state index in [1.54, 1.807) is 20.8 Å². The summed E-state index contributed by atoms with van der Waals surface area (Å²) in [5, 5.41) is 0. The minimum atomic E-state index is -0.721. The number of hydrogen-bond donors (Lipinski definition) is 0. The number of amides is 1. The molecule has 134 valence electrons. The van der Waals surface area contributed by atoms with Gasteiger partial charge < -0.3 is 4.74 Å². The average molecular weight is 404 g/mol. The van der Waals surface area contributed by atoms with E-state index in [1.165, 1.54) is 4.90 Å². The minimum absolute atomic E-state index is 0.00359. The lowest BCUT2D eigenvalue weighted by atomic mass is 9.79. The van der Waals surface area contributed by atoms with Gasteiger partial charge in [0.15, 0.2) is 0 Å². The Labute approximate surface area is 150 Å². The van der Waals surface area contributed by atoms with Crippen molar-refractivity contribution in [3.8, 4) is 0 Å². The molecular formula is C18H24BrF2NO2. The molecule has 1 amide bonds. The van der Waals surface area contributed by atoms with Crippen molar-refractivity contribution in [2.75, 3.05) is 4.90 Å². The number of nitrogens with zero attached hydrogens (tertiary/aromatic N) is 1. The van der Waals surface area contributed by atoms with Crippen LogP contribution in [0, 0.1) is 17.0 Å². The first-order chi connectivity index (χ1) is 10.8. The van der Waals surface area contributed by atoms with E-state index in [2.05, 4.69) is 15.9 Å². The van der Waals surface area contributed by atoms with E-state index in [0.717, 1.165) is 6.07 Å². The van der Waals surface area contributed by atoms with Crippen molar-refractivity contribution in [2.24, 2.45) is 5.41 Å². The third-order valence-electron chi connectivity index (χ3n) is 4.05. The molecule has 3 nitrogen and oxygen atoms in total. The largest absolute Gasteiger partial charge is 0.443 e. The van der Waals surface area contributed by atoms with Gasteiger partial charge in [0.25, 0.3) is 0 Å². The van der Waals surface area contributed by atoms with Gasteiger partial charge in [-0.25, -0.2) is 13.6 Å². The van der Waals surface area contributed by atoms with Gasteiger partial charge in [0.05, 0.1) is 10.2 Å². The van der Waals surface area contributed by atoms with E-state index >= 15 is 0 Å². The molecule has 0 aromatic heterocycles. The molecule has 0 radical (unpaired) electrons. The lowest BCUT2D eigenvalue weighted by Gasteiger charge is -2.44. The topological polar surface area (TPSA) is 29.5 Å². The first-order valence-electron chi connectivity index (χ1n) is 8.01. The molecule has 1 heterocycles. The molecule has 1 unspecified atom stereocenters. The Morgan fingerprint density at radius 2 is 1.83 bits per heavy atom. The van der Waals surface area contributed by atoms with Crippen molar-refractivity contribution in [3.05, 3.63) is 27.7 Å². The van der Waals surface area contributed by atoms with Crippen LogP contribution in [0.2, 0.25) is 0 Å². The number of ether oxygens (including phenoxy) is 1. The first kappa shape index (κ1) is 19.2. The molecule has 0 N–H and O–H groups in total. The SMILES string of the molecule is CC(C)(C)OC(=O)N1c2c(F)cc(Br)c(F)c2CCC1C(C)(C)C. The molecule has 0 spiro atoms. The van der Waals surface area contributed by atoms with Crippen molar-refractivity contribution >= 4 is 27.7 Å². The maximum absolute atomic E-state index is 14.7. The second kappa shape index (κ2) is 6.28. The van der Waals surface area contributed by atoms with Gasteiger partial charge in [0, 0.05) is 11.6 Å². The number of rotatable bonds is 0. The molecule has 0 saturated heterocycles. The van der Waals surface area contributed by atoms with Crippen molar-refractivity contribution in [1.82, 2.24) is 0 Å². The summed E-state index contributed by atoms with van der Waals surface area (Å²) in [6.45, 7) is 11.2. The fourth-order valence-electron chi connectivity index (χ4n) is 3.04. The molecule has 1 aromatic rings. The summed E-state index contributed by atoms with van der Waals surface area (Å²) in [6, 6.07) is 0.784. The number of anilines is 1. The lowest BCUT2D eigenvalue weighted by molar-refractivity contribution is 0.0529. The molecule has 0 saturated carbocycles. The van der Waals surface area contributed by atoms with Gasteiger partial charge in [-0.1, -0.05) is 20.8 Å². The molecule has 6 heteroatoms. The maximum Gasteiger partial charge on any atom is 0.415 e. The standard InChI is InChI=1S/C18H24BrF2NO2/c1-17(2,3)13-8-7-10-14(21)11(19)9-12(20)15(10)22(13)16(23)24-18(4,5)6/h9,13H,7-8H2,1-6H3. The third kappa shape index (κ3) is 3.73. The highest BCUT2D eigenvalue weighted by Gasteiger charge is 2.42. The van der Waals surface area contributed by atoms with Gasteiger partial charge in [-0.2, -0.15) is 0 Å². The molecule has 1 aliphatic heterocycles. The fourth-order valence-corrected chi connectivity index (χ4v) is 3.48. The number of carbonyl (C=O) groups excluding carboxylic acids is 1. The zero-order chi connectivity index (χ0) is 18.4. The van der Waals surface area contributed by atoms with Crippen molar-refractivity contribution in [2.45, 2.75) is 66.0 Å². The zero-order valence-corrected chi connectivity index (χ0v) is 16.6. The van der Waals surface area contributed by atoms with E-state index in [0.29, 0.717) is 12.8 Å². The van der Waals surface area contributed by atoms with E-state index in [4.69, 9.17) is 4.74 Å². The Bertz CT molecular complexity index is 662. The summed E-state index contributed by atoms with van der Waals surface area (Å²) < 4.78 is 34.7. The van der Waals surface area contributed by atoms with Crippen molar-refractivity contribution < 1.29 is 18.3 Å².